The number of halogens is 1. The lowest BCUT2D eigenvalue weighted by atomic mass is 10.1. The summed E-state index contributed by atoms with van der Waals surface area (Å²) in [6, 6.07) is 6.43. The molecule has 6 heteroatoms. The molecule has 1 saturated heterocycles. The van der Waals surface area contributed by atoms with Crippen molar-refractivity contribution in [3.05, 3.63) is 34.9 Å². The van der Waals surface area contributed by atoms with Crippen molar-refractivity contribution >= 4 is 11.6 Å². The normalized spacial score (nSPS) is 18.6. The van der Waals surface area contributed by atoms with E-state index in [1.807, 2.05) is 27.7 Å². The molecule has 1 aromatic rings. The molecular weight excluding hydrogens is 304 g/mol. The molecular formula is C16H29ClN2O3. The molecule has 1 aliphatic rings. The Labute approximate surface area is 138 Å². The third-order valence-corrected chi connectivity index (χ3v) is 3.33. The maximum Gasteiger partial charge on any atom is 0.253 e. The lowest BCUT2D eigenvalue weighted by molar-refractivity contribution is -0.292. The first kappa shape index (κ1) is 21.3. The second-order valence-electron chi connectivity index (χ2n) is 4.32. The van der Waals surface area contributed by atoms with Crippen molar-refractivity contribution in [3.63, 3.8) is 0 Å². The van der Waals surface area contributed by atoms with Crippen LogP contribution >= 0.6 is 11.6 Å². The van der Waals surface area contributed by atoms with Crippen LogP contribution in [-0.2, 0) is 10.6 Å². The number of hydrogen-bond acceptors (Lipinski definition) is 5. The molecule has 0 aromatic heterocycles. The van der Waals surface area contributed by atoms with Crippen molar-refractivity contribution in [2.75, 3.05) is 26.2 Å². The Bertz CT molecular complexity index is 399. The Morgan fingerprint density at radius 3 is 2.27 bits per heavy atom. The second-order valence-corrected chi connectivity index (χ2v) is 4.75. The van der Waals surface area contributed by atoms with Crippen molar-refractivity contribution in [1.29, 1.82) is 0 Å². The smallest absolute Gasteiger partial charge is 0.253 e. The van der Waals surface area contributed by atoms with Crippen molar-refractivity contribution < 1.29 is 14.9 Å². The highest BCUT2D eigenvalue weighted by Crippen LogP contribution is 2.26. The van der Waals surface area contributed by atoms with Crippen LogP contribution in [-0.4, -0.2) is 47.5 Å². The molecule has 1 atom stereocenters. The van der Waals surface area contributed by atoms with Crippen LogP contribution in [0.1, 0.15) is 33.3 Å². The number of morpholine rings is 1. The molecule has 5 nitrogen and oxygen atoms in total. The Balaban J connectivity index is 0.00000102. The van der Waals surface area contributed by atoms with Gasteiger partial charge >= 0.3 is 0 Å². The van der Waals surface area contributed by atoms with E-state index in [2.05, 4.69) is 0 Å². The third-order valence-electron chi connectivity index (χ3n) is 3.07. The molecule has 0 radical (unpaired) electrons. The second kappa shape index (κ2) is 10.9. The summed E-state index contributed by atoms with van der Waals surface area (Å²) in [6.45, 7) is 9.60. The van der Waals surface area contributed by atoms with E-state index in [4.69, 9.17) is 22.1 Å². The summed E-state index contributed by atoms with van der Waals surface area (Å²) in [5, 5.41) is 21.1. The minimum atomic E-state index is -2.03. The van der Waals surface area contributed by atoms with E-state index in [0.29, 0.717) is 36.8 Å². The predicted molar refractivity (Wildman–Crippen MR) is 90.6 cm³/mol. The lowest BCUT2D eigenvalue weighted by Gasteiger charge is -2.40. The predicted octanol–water partition coefficient (Wildman–Crippen LogP) is 2.15. The maximum absolute atomic E-state index is 10.3. The van der Waals surface area contributed by atoms with Gasteiger partial charge in [-0.15, -0.1) is 0 Å². The van der Waals surface area contributed by atoms with Crippen LogP contribution in [0.25, 0.3) is 0 Å². The van der Waals surface area contributed by atoms with Crippen LogP contribution in [0.4, 0.5) is 0 Å². The standard InChI is InChI=1S/C12H17ClN2O3.2C2H6/c13-10-3-1-9(2-4-10)12(16,17)15-5-6-18-11(7-14)8-15;2*1-2/h1-4,11,16-17H,5-8,14H2;2*1-2H3. The Morgan fingerprint density at radius 1 is 1.23 bits per heavy atom. The monoisotopic (exact) mass is 332 g/mol. The Kier molecular flexibility index (Phi) is 10.6. The summed E-state index contributed by atoms with van der Waals surface area (Å²) >= 11 is 5.78. The van der Waals surface area contributed by atoms with Crippen LogP contribution < -0.4 is 5.73 Å². The van der Waals surface area contributed by atoms with Crippen molar-refractivity contribution in [3.8, 4) is 0 Å². The van der Waals surface area contributed by atoms with Gasteiger partial charge in [0.25, 0.3) is 5.91 Å². The highest BCUT2D eigenvalue weighted by molar-refractivity contribution is 6.30. The maximum atomic E-state index is 10.3. The molecule has 22 heavy (non-hydrogen) atoms. The van der Waals surface area contributed by atoms with Gasteiger partial charge in [-0.2, -0.15) is 0 Å². The van der Waals surface area contributed by atoms with E-state index in [9.17, 15) is 10.2 Å². The first-order valence-corrected chi connectivity index (χ1v) is 8.19. The fourth-order valence-corrected chi connectivity index (χ4v) is 2.13. The number of aliphatic hydroxyl groups is 2. The highest BCUT2D eigenvalue weighted by atomic mass is 35.5. The quantitative estimate of drug-likeness (QED) is 0.739. The van der Waals surface area contributed by atoms with Crippen LogP contribution in [0, 0.1) is 0 Å². The van der Waals surface area contributed by atoms with Crippen molar-refractivity contribution in [1.82, 2.24) is 4.90 Å². The summed E-state index contributed by atoms with van der Waals surface area (Å²) in [4.78, 5) is 1.54. The van der Waals surface area contributed by atoms with E-state index >= 15 is 0 Å². The van der Waals surface area contributed by atoms with Gasteiger partial charge in [-0.3, -0.25) is 0 Å². The molecule has 1 unspecified atom stereocenters. The fraction of sp³-hybridized carbons (Fsp3) is 0.625. The average Bonchev–Trinajstić information content (AvgIpc) is 2.59. The zero-order chi connectivity index (χ0) is 17.2. The number of rotatable bonds is 3. The Hall–Kier alpha value is -0.690. The molecule has 1 fully saturated rings. The summed E-state index contributed by atoms with van der Waals surface area (Å²) in [7, 11) is 0. The van der Waals surface area contributed by atoms with E-state index in [1.54, 1.807) is 24.3 Å². The third kappa shape index (κ3) is 5.83. The molecule has 2 rings (SSSR count). The van der Waals surface area contributed by atoms with Crippen LogP contribution in [0.5, 0.6) is 0 Å². The molecule has 0 aliphatic carbocycles. The van der Waals surface area contributed by atoms with Gasteiger partial charge in [0.2, 0.25) is 0 Å². The first-order chi connectivity index (χ1) is 10.5. The summed E-state index contributed by atoms with van der Waals surface area (Å²) in [5.41, 5.74) is 5.91. The molecule has 1 heterocycles. The summed E-state index contributed by atoms with van der Waals surface area (Å²) in [6.07, 6.45) is -0.176. The molecule has 0 saturated carbocycles. The molecule has 1 aliphatic heterocycles. The number of nitrogens with two attached hydrogens (primary N) is 1. The minimum Gasteiger partial charge on any atom is -0.374 e. The average molecular weight is 333 g/mol. The van der Waals surface area contributed by atoms with Gasteiger partial charge in [0.05, 0.1) is 12.7 Å². The zero-order valence-electron chi connectivity index (χ0n) is 13.9. The number of benzene rings is 1. The molecule has 1 aromatic carbocycles. The highest BCUT2D eigenvalue weighted by Gasteiger charge is 2.37. The van der Waals surface area contributed by atoms with E-state index in [1.165, 1.54) is 4.90 Å². The van der Waals surface area contributed by atoms with Gasteiger partial charge in [0.1, 0.15) is 0 Å². The van der Waals surface area contributed by atoms with Gasteiger partial charge < -0.3 is 20.7 Å². The van der Waals surface area contributed by atoms with Gasteiger partial charge in [-0.1, -0.05) is 51.4 Å². The Morgan fingerprint density at radius 2 is 1.77 bits per heavy atom. The van der Waals surface area contributed by atoms with E-state index in [-0.39, 0.29) is 6.10 Å². The van der Waals surface area contributed by atoms with E-state index in [0.717, 1.165) is 0 Å². The van der Waals surface area contributed by atoms with Crippen LogP contribution in [0.2, 0.25) is 5.02 Å². The number of nitrogens with zero attached hydrogens (tertiary/aromatic N) is 1. The summed E-state index contributed by atoms with van der Waals surface area (Å²) in [5.74, 6) is -2.03. The lowest BCUT2D eigenvalue weighted by Crippen LogP contribution is -2.55. The van der Waals surface area contributed by atoms with Crippen LogP contribution in [0.15, 0.2) is 24.3 Å². The van der Waals surface area contributed by atoms with Crippen molar-refractivity contribution in [2.45, 2.75) is 39.7 Å². The zero-order valence-corrected chi connectivity index (χ0v) is 14.7. The topological polar surface area (TPSA) is 79.0 Å². The molecule has 4 N–H and O–H groups in total. The van der Waals surface area contributed by atoms with Gasteiger partial charge in [0.15, 0.2) is 0 Å². The fourth-order valence-electron chi connectivity index (χ4n) is 2.00. The number of ether oxygens (including phenoxy) is 1. The van der Waals surface area contributed by atoms with E-state index < -0.39 is 5.91 Å². The van der Waals surface area contributed by atoms with Crippen LogP contribution in [0.3, 0.4) is 0 Å². The molecule has 0 amide bonds. The molecule has 0 bridgehead atoms. The SMILES string of the molecule is CC.CC.NCC1CN(C(O)(O)c2ccc(Cl)cc2)CCO1. The summed E-state index contributed by atoms with van der Waals surface area (Å²) < 4.78 is 5.40. The van der Waals surface area contributed by atoms with Crippen molar-refractivity contribution in [2.24, 2.45) is 5.73 Å². The molecule has 128 valence electrons. The van der Waals surface area contributed by atoms with Gasteiger partial charge in [-0.05, 0) is 12.1 Å². The van der Waals surface area contributed by atoms with Gasteiger partial charge in [0, 0.05) is 30.2 Å². The first-order valence-electron chi connectivity index (χ1n) is 7.81. The van der Waals surface area contributed by atoms with Gasteiger partial charge in [-0.25, -0.2) is 4.90 Å². The largest absolute Gasteiger partial charge is 0.374 e. The molecule has 0 spiro atoms. The minimum absolute atomic E-state index is 0.176. The number of hydrogen-bond donors (Lipinski definition) is 3.